The summed E-state index contributed by atoms with van der Waals surface area (Å²) >= 11 is 6.12. The van der Waals surface area contributed by atoms with Crippen molar-refractivity contribution in [2.45, 2.75) is 0 Å². The fourth-order valence-electron chi connectivity index (χ4n) is 2.48. The molecule has 0 atom stereocenters. The third kappa shape index (κ3) is 3.12. The van der Waals surface area contributed by atoms with E-state index < -0.39 is 5.97 Å². The van der Waals surface area contributed by atoms with Crippen molar-refractivity contribution in [2.75, 3.05) is 0 Å². The van der Waals surface area contributed by atoms with Crippen LogP contribution in [0.3, 0.4) is 0 Å². The molecule has 4 nitrogen and oxygen atoms in total. The number of furan rings is 1. The van der Waals surface area contributed by atoms with Crippen molar-refractivity contribution in [3.63, 3.8) is 0 Å². The van der Waals surface area contributed by atoms with Crippen molar-refractivity contribution in [1.82, 2.24) is 0 Å². The van der Waals surface area contributed by atoms with Crippen molar-refractivity contribution in [2.24, 2.45) is 4.99 Å². The summed E-state index contributed by atoms with van der Waals surface area (Å²) < 4.78 is 11.0. The van der Waals surface area contributed by atoms with Gasteiger partial charge in [-0.3, -0.25) is 0 Å². The highest BCUT2D eigenvalue weighted by Gasteiger charge is 2.25. The van der Waals surface area contributed by atoms with Crippen LogP contribution in [-0.2, 0) is 9.53 Å². The lowest BCUT2D eigenvalue weighted by atomic mass is 10.2. The molecule has 1 aliphatic rings. The Morgan fingerprint density at radius 3 is 2.48 bits per heavy atom. The first-order valence-corrected chi connectivity index (χ1v) is 8.01. The van der Waals surface area contributed by atoms with Gasteiger partial charge in [0.25, 0.3) is 0 Å². The van der Waals surface area contributed by atoms with Crippen LogP contribution < -0.4 is 0 Å². The topological polar surface area (TPSA) is 51.8 Å². The summed E-state index contributed by atoms with van der Waals surface area (Å²) in [5.41, 5.74) is 1.70. The van der Waals surface area contributed by atoms with Crippen LogP contribution in [0.15, 0.2) is 81.8 Å². The van der Waals surface area contributed by atoms with Crippen LogP contribution in [0.1, 0.15) is 11.3 Å². The molecule has 0 saturated carbocycles. The van der Waals surface area contributed by atoms with Gasteiger partial charge in [0.1, 0.15) is 11.5 Å². The molecule has 0 radical (unpaired) electrons. The highest BCUT2D eigenvalue weighted by atomic mass is 35.5. The van der Waals surface area contributed by atoms with Crippen molar-refractivity contribution in [3.05, 3.63) is 88.8 Å². The number of carbonyl (C=O) groups excluding carboxylic acids is 1. The van der Waals surface area contributed by atoms with Gasteiger partial charge in [-0.2, -0.15) is 0 Å². The normalized spacial score (nSPS) is 15.3. The fourth-order valence-corrected chi connectivity index (χ4v) is 2.70. The van der Waals surface area contributed by atoms with Gasteiger partial charge in [-0.25, -0.2) is 9.79 Å². The SMILES string of the molecule is O=C1OC(c2ccccc2Cl)=NC1=Cc1ccc(-c2ccccc2)o1. The number of hydrogen-bond donors (Lipinski definition) is 0. The standard InChI is InChI=1S/C20H12ClNO3/c21-16-9-5-4-8-15(16)19-22-17(20(23)25-19)12-14-10-11-18(24-14)13-6-2-1-3-7-13/h1-12H. The first-order chi connectivity index (χ1) is 12.2. The first-order valence-electron chi connectivity index (χ1n) is 7.63. The van der Waals surface area contributed by atoms with E-state index in [0.717, 1.165) is 5.56 Å². The summed E-state index contributed by atoms with van der Waals surface area (Å²) in [5.74, 6) is 0.897. The minimum absolute atomic E-state index is 0.170. The number of halogens is 1. The Labute approximate surface area is 149 Å². The molecular formula is C20H12ClNO3. The number of ether oxygens (including phenoxy) is 1. The molecular weight excluding hydrogens is 338 g/mol. The van der Waals surface area contributed by atoms with Gasteiger partial charge >= 0.3 is 5.97 Å². The Morgan fingerprint density at radius 1 is 0.920 bits per heavy atom. The smallest absolute Gasteiger partial charge is 0.363 e. The first kappa shape index (κ1) is 15.4. The summed E-state index contributed by atoms with van der Waals surface area (Å²) in [6.07, 6.45) is 1.55. The van der Waals surface area contributed by atoms with E-state index in [-0.39, 0.29) is 11.6 Å². The van der Waals surface area contributed by atoms with Crippen molar-refractivity contribution in [3.8, 4) is 11.3 Å². The van der Waals surface area contributed by atoms with Crippen LogP contribution in [0.4, 0.5) is 0 Å². The van der Waals surface area contributed by atoms with Gasteiger partial charge in [-0.05, 0) is 24.3 Å². The van der Waals surface area contributed by atoms with Crippen molar-refractivity contribution in [1.29, 1.82) is 0 Å². The van der Waals surface area contributed by atoms with Crippen molar-refractivity contribution < 1.29 is 13.9 Å². The third-order valence-corrected chi connectivity index (χ3v) is 4.02. The third-order valence-electron chi connectivity index (χ3n) is 3.69. The molecule has 0 fully saturated rings. The lowest BCUT2D eigenvalue weighted by Crippen LogP contribution is -2.05. The predicted octanol–water partition coefficient (Wildman–Crippen LogP) is 4.94. The maximum atomic E-state index is 12.1. The van der Waals surface area contributed by atoms with Gasteiger partial charge < -0.3 is 9.15 Å². The molecule has 0 amide bonds. The van der Waals surface area contributed by atoms with Crippen LogP contribution in [0.2, 0.25) is 5.02 Å². The zero-order chi connectivity index (χ0) is 17.2. The maximum absolute atomic E-state index is 12.1. The quantitative estimate of drug-likeness (QED) is 0.497. The Balaban J connectivity index is 1.65. The van der Waals surface area contributed by atoms with E-state index >= 15 is 0 Å². The number of aliphatic imine (C=N–C) groups is 1. The van der Waals surface area contributed by atoms with Crippen LogP contribution in [0.5, 0.6) is 0 Å². The van der Waals surface area contributed by atoms with Crippen LogP contribution in [0, 0.1) is 0 Å². The number of hydrogen-bond acceptors (Lipinski definition) is 4. The molecule has 0 N–H and O–H groups in total. The number of nitrogens with zero attached hydrogens (tertiary/aromatic N) is 1. The average Bonchev–Trinajstić information content (AvgIpc) is 3.24. The Kier molecular flexibility index (Phi) is 3.96. The highest BCUT2D eigenvalue weighted by molar-refractivity contribution is 6.34. The Morgan fingerprint density at radius 2 is 1.68 bits per heavy atom. The Bertz CT molecular complexity index is 1000. The predicted molar refractivity (Wildman–Crippen MR) is 96.2 cm³/mol. The summed E-state index contributed by atoms with van der Waals surface area (Å²) in [6, 6.07) is 20.4. The average molecular weight is 350 g/mol. The number of benzene rings is 2. The fraction of sp³-hybridized carbons (Fsp3) is 0. The van der Waals surface area contributed by atoms with E-state index in [4.69, 9.17) is 20.8 Å². The largest absolute Gasteiger partial charge is 0.457 e. The monoisotopic (exact) mass is 349 g/mol. The molecule has 2 aromatic carbocycles. The summed E-state index contributed by atoms with van der Waals surface area (Å²) in [4.78, 5) is 16.3. The number of esters is 1. The molecule has 5 heteroatoms. The molecule has 0 bridgehead atoms. The van der Waals surface area contributed by atoms with Gasteiger partial charge in [0.05, 0.1) is 10.6 Å². The number of cyclic esters (lactones) is 1. The molecule has 1 aromatic heterocycles. The summed E-state index contributed by atoms with van der Waals surface area (Å²) in [7, 11) is 0. The molecule has 2 heterocycles. The molecule has 122 valence electrons. The molecule has 3 aromatic rings. The number of rotatable bonds is 3. The van der Waals surface area contributed by atoms with Crippen molar-refractivity contribution >= 4 is 29.5 Å². The van der Waals surface area contributed by atoms with Crippen LogP contribution in [0.25, 0.3) is 17.4 Å². The Hall–Kier alpha value is -3.11. The zero-order valence-electron chi connectivity index (χ0n) is 13.0. The molecule has 0 unspecified atom stereocenters. The van der Waals surface area contributed by atoms with Gasteiger partial charge in [0.15, 0.2) is 5.70 Å². The lowest BCUT2D eigenvalue weighted by Gasteiger charge is -2.00. The molecule has 0 aliphatic carbocycles. The summed E-state index contributed by atoms with van der Waals surface area (Å²) in [6.45, 7) is 0. The molecule has 4 rings (SSSR count). The van der Waals surface area contributed by atoms with Gasteiger partial charge in [0.2, 0.25) is 5.90 Å². The lowest BCUT2D eigenvalue weighted by molar-refractivity contribution is -0.129. The van der Waals surface area contributed by atoms with Gasteiger partial charge in [-0.15, -0.1) is 0 Å². The van der Waals surface area contributed by atoms with E-state index in [1.807, 2.05) is 36.4 Å². The van der Waals surface area contributed by atoms with E-state index in [1.165, 1.54) is 0 Å². The van der Waals surface area contributed by atoms with Gasteiger partial charge in [-0.1, -0.05) is 54.1 Å². The van der Waals surface area contributed by atoms with E-state index in [1.54, 1.807) is 36.4 Å². The molecule has 0 spiro atoms. The maximum Gasteiger partial charge on any atom is 0.363 e. The molecule has 1 aliphatic heterocycles. The van der Waals surface area contributed by atoms with E-state index in [2.05, 4.69) is 4.99 Å². The number of carbonyl (C=O) groups is 1. The second kappa shape index (κ2) is 6.42. The van der Waals surface area contributed by atoms with E-state index in [9.17, 15) is 4.79 Å². The zero-order valence-corrected chi connectivity index (χ0v) is 13.7. The second-order valence-corrected chi connectivity index (χ2v) is 5.79. The second-order valence-electron chi connectivity index (χ2n) is 5.38. The van der Waals surface area contributed by atoms with Gasteiger partial charge in [0, 0.05) is 11.6 Å². The highest BCUT2D eigenvalue weighted by Crippen LogP contribution is 2.26. The van der Waals surface area contributed by atoms with Crippen LogP contribution >= 0.6 is 11.6 Å². The molecule has 25 heavy (non-hydrogen) atoms. The summed E-state index contributed by atoms with van der Waals surface area (Å²) in [5, 5.41) is 0.472. The minimum atomic E-state index is -0.535. The molecule has 0 saturated heterocycles. The van der Waals surface area contributed by atoms with Crippen LogP contribution in [-0.4, -0.2) is 11.9 Å². The van der Waals surface area contributed by atoms with E-state index in [0.29, 0.717) is 22.1 Å². The minimum Gasteiger partial charge on any atom is -0.457 e.